The highest BCUT2D eigenvalue weighted by Gasteiger charge is 1.96. The molecule has 0 heterocycles. The van der Waals surface area contributed by atoms with E-state index in [4.69, 9.17) is 4.74 Å². The second-order valence-electron chi connectivity index (χ2n) is 3.33. The van der Waals surface area contributed by atoms with E-state index in [0.717, 1.165) is 6.42 Å². The normalized spacial score (nSPS) is 14.1. The van der Waals surface area contributed by atoms with Crippen LogP contribution < -0.4 is 0 Å². The van der Waals surface area contributed by atoms with Gasteiger partial charge in [-0.15, -0.1) is 0 Å². The number of esters is 1. The van der Waals surface area contributed by atoms with Crippen LogP contribution in [-0.2, 0) is 9.53 Å². The van der Waals surface area contributed by atoms with E-state index in [1.54, 1.807) is 6.08 Å². The Kier molecular flexibility index (Phi) is 8.44. The van der Waals surface area contributed by atoms with E-state index in [1.807, 2.05) is 31.2 Å². The summed E-state index contributed by atoms with van der Waals surface area (Å²) in [6, 6.07) is 0. The summed E-state index contributed by atoms with van der Waals surface area (Å²) in [5.74, 6) is 0.150. The lowest BCUT2D eigenvalue weighted by Gasteiger charge is -1.99. The van der Waals surface area contributed by atoms with E-state index in [-0.39, 0.29) is 5.97 Å². The second kappa shape index (κ2) is 9.25. The molecule has 0 radical (unpaired) electrons. The van der Waals surface area contributed by atoms with Crippen LogP contribution in [0, 0.1) is 5.92 Å². The molecule has 15 heavy (non-hydrogen) atoms. The smallest absolute Gasteiger partial charge is 0.330 e. The third-order valence-corrected chi connectivity index (χ3v) is 1.97. The summed E-state index contributed by atoms with van der Waals surface area (Å²) in [7, 11) is 0. The van der Waals surface area contributed by atoms with Gasteiger partial charge >= 0.3 is 5.97 Å². The Hall–Kier alpha value is -1.31. The Morgan fingerprint density at radius 3 is 2.73 bits per heavy atom. The fourth-order valence-electron chi connectivity index (χ4n) is 0.803. The van der Waals surface area contributed by atoms with E-state index in [9.17, 15) is 4.79 Å². The fourth-order valence-corrected chi connectivity index (χ4v) is 0.803. The van der Waals surface area contributed by atoms with Crippen LogP contribution in [-0.4, -0.2) is 12.6 Å². The SMILES string of the molecule is CC=CC=CCOC(=O)C=CC(C)CC. The average molecular weight is 208 g/mol. The van der Waals surface area contributed by atoms with Crippen LogP contribution in [0.2, 0.25) is 0 Å². The number of carbonyl (C=O) groups excluding carboxylic acids is 1. The van der Waals surface area contributed by atoms with E-state index >= 15 is 0 Å². The molecule has 0 saturated carbocycles. The zero-order chi connectivity index (χ0) is 11.5. The molecule has 84 valence electrons. The van der Waals surface area contributed by atoms with Crippen LogP contribution in [0.4, 0.5) is 0 Å². The Balaban J connectivity index is 3.70. The zero-order valence-corrected chi connectivity index (χ0v) is 9.77. The second-order valence-corrected chi connectivity index (χ2v) is 3.33. The zero-order valence-electron chi connectivity index (χ0n) is 9.77. The molecular formula is C13H20O2. The number of hydrogen-bond donors (Lipinski definition) is 0. The molecule has 0 saturated heterocycles. The highest BCUT2D eigenvalue weighted by molar-refractivity contribution is 5.81. The first-order chi connectivity index (χ1) is 7.20. The number of hydrogen-bond acceptors (Lipinski definition) is 2. The van der Waals surface area contributed by atoms with Gasteiger partial charge in [0, 0.05) is 6.08 Å². The quantitative estimate of drug-likeness (QED) is 0.380. The van der Waals surface area contributed by atoms with Gasteiger partial charge in [-0.1, -0.05) is 44.6 Å². The molecule has 2 heteroatoms. The van der Waals surface area contributed by atoms with Crippen molar-refractivity contribution in [2.24, 2.45) is 5.92 Å². The molecule has 0 aromatic carbocycles. The van der Waals surface area contributed by atoms with Crippen molar-refractivity contribution < 1.29 is 9.53 Å². The molecule has 0 aliphatic heterocycles. The molecule has 0 aromatic rings. The topological polar surface area (TPSA) is 26.3 Å². The van der Waals surface area contributed by atoms with Gasteiger partial charge in [-0.3, -0.25) is 0 Å². The van der Waals surface area contributed by atoms with E-state index in [0.29, 0.717) is 12.5 Å². The molecule has 0 bridgehead atoms. The van der Waals surface area contributed by atoms with Crippen molar-refractivity contribution >= 4 is 5.97 Å². The van der Waals surface area contributed by atoms with Crippen molar-refractivity contribution in [3.63, 3.8) is 0 Å². The van der Waals surface area contributed by atoms with E-state index in [1.165, 1.54) is 6.08 Å². The van der Waals surface area contributed by atoms with Gasteiger partial charge in [0.15, 0.2) is 0 Å². The van der Waals surface area contributed by atoms with Crippen molar-refractivity contribution in [2.75, 3.05) is 6.61 Å². The van der Waals surface area contributed by atoms with Crippen molar-refractivity contribution in [1.82, 2.24) is 0 Å². The minimum atomic E-state index is -0.277. The van der Waals surface area contributed by atoms with Crippen LogP contribution in [0.25, 0.3) is 0 Å². The summed E-state index contributed by atoms with van der Waals surface area (Å²) in [6.07, 6.45) is 11.9. The summed E-state index contributed by atoms with van der Waals surface area (Å²) >= 11 is 0. The summed E-state index contributed by atoms with van der Waals surface area (Å²) in [5.41, 5.74) is 0. The number of rotatable bonds is 6. The van der Waals surface area contributed by atoms with E-state index < -0.39 is 0 Å². The lowest BCUT2D eigenvalue weighted by Crippen LogP contribution is -2.00. The molecule has 0 rings (SSSR count). The van der Waals surface area contributed by atoms with Crippen molar-refractivity contribution in [1.29, 1.82) is 0 Å². The highest BCUT2D eigenvalue weighted by Crippen LogP contribution is 2.01. The Morgan fingerprint density at radius 2 is 2.13 bits per heavy atom. The van der Waals surface area contributed by atoms with Crippen molar-refractivity contribution in [3.05, 3.63) is 36.5 Å². The predicted molar refractivity (Wildman–Crippen MR) is 63.5 cm³/mol. The molecule has 0 fully saturated rings. The van der Waals surface area contributed by atoms with Crippen molar-refractivity contribution in [2.45, 2.75) is 27.2 Å². The third-order valence-electron chi connectivity index (χ3n) is 1.97. The molecule has 0 aliphatic rings. The molecular weight excluding hydrogens is 188 g/mol. The van der Waals surface area contributed by atoms with Crippen LogP contribution in [0.15, 0.2) is 36.5 Å². The van der Waals surface area contributed by atoms with Gasteiger partial charge in [0.1, 0.15) is 6.61 Å². The standard InChI is InChI=1S/C13H20O2/c1-4-6-7-8-11-15-13(14)10-9-12(3)5-2/h4,6-10,12H,5,11H2,1-3H3. The molecule has 1 atom stereocenters. The van der Waals surface area contributed by atoms with Gasteiger partial charge < -0.3 is 4.74 Å². The summed E-state index contributed by atoms with van der Waals surface area (Å²) in [6.45, 7) is 6.41. The van der Waals surface area contributed by atoms with E-state index in [2.05, 4.69) is 13.8 Å². The number of ether oxygens (including phenoxy) is 1. The molecule has 2 nitrogen and oxygen atoms in total. The van der Waals surface area contributed by atoms with Gasteiger partial charge in [-0.05, 0) is 18.9 Å². The molecule has 0 aliphatic carbocycles. The molecule has 0 N–H and O–H groups in total. The fraction of sp³-hybridized carbons (Fsp3) is 0.462. The lowest BCUT2D eigenvalue weighted by molar-refractivity contribution is -0.136. The Labute approximate surface area is 92.3 Å². The molecule has 0 spiro atoms. The maximum Gasteiger partial charge on any atom is 0.330 e. The van der Waals surface area contributed by atoms with Crippen LogP contribution in [0.5, 0.6) is 0 Å². The first kappa shape index (κ1) is 13.7. The molecule has 0 aromatic heterocycles. The summed E-state index contributed by atoms with van der Waals surface area (Å²) in [5, 5.41) is 0. The van der Waals surface area contributed by atoms with Gasteiger partial charge in [-0.25, -0.2) is 4.79 Å². The summed E-state index contributed by atoms with van der Waals surface area (Å²) < 4.78 is 4.94. The average Bonchev–Trinajstić information content (AvgIpc) is 2.25. The molecule has 1 unspecified atom stereocenters. The highest BCUT2D eigenvalue weighted by atomic mass is 16.5. The first-order valence-corrected chi connectivity index (χ1v) is 5.33. The Bertz CT molecular complexity index is 249. The van der Waals surface area contributed by atoms with Gasteiger partial charge in [0.25, 0.3) is 0 Å². The summed E-state index contributed by atoms with van der Waals surface area (Å²) in [4.78, 5) is 11.1. The van der Waals surface area contributed by atoms with Gasteiger partial charge in [-0.2, -0.15) is 0 Å². The Morgan fingerprint density at radius 1 is 1.40 bits per heavy atom. The van der Waals surface area contributed by atoms with Crippen molar-refractivity contribution in [3.8, 4) is 0 Å². The predicted octanol–water partition coefficient (Wildman–Crippen LogP) is 3.26. The largest absolute Gasteiger partial charge is 0.458 e. The van der Waals surface area contributed by atoms with Crippen LogP contribution in [0.3, 0.4) is 0 Å². The number of allylic oxidation sites excluding steroid dienone is 4. The number of carbonyl (C=O) groups is 1. The van der Waals surface area contributed by atoms with Gasteiger partial charge in [0.2, 0.25) is 0 Å². The van der Waals surface area contributed by atoms with Crippen LogP contribution in [0.1, 0.15) is 27.2 Å². The van der Waals surface area contributed by atoms with Gasteiger partial charge in [0.05, 0.1) is 0 Å². The lowest BCUT2D eigenvalue weighted by atomic mass is 10.1. The monoisotopic (exact) mass is 208 g/mol. The van der Waals surface area contributed by atoms with Crippen LogP contribution >= 0.6 is 0 Å². The molecule has 0 amide bonds. The first-order valence-electron chi connectivity index (χ1n) is 5.33. The maximum absolute atomic E-state index is 11.1. The minimum absolute atomic E-state index is 0.277. The minimum Gasteiger partial charge on any atom is -0.458 e. The third kappa shape index (κ3) is 9.01. The maximum atomic E-state index is 11.1.